The Balaban J connectivity index is 4.36. The smallest absolute Gasteiger partial charge is 0.309 e. The fourth-order valence-corrected chi connectivity index (χ4v) is 3.43. The van der Waals surface area contributed by atoms with Crippen LogP contribution in [-0.2, 0) is 14.0 Å². The highest BCUT2D eigenvalue weighted by molar-refractivity contribution is 7.88. The van der Waals surface area contributed by atoms with E-state index in [1.165, 1.54) is 0 Å². The summed E-state index contributed by atoms with van der Waals surface area (Å²) in [6, 6.07) is 0. The number of rotatable bonds is 6. The fraction of sp³-hybridized carbons (Fsp3) is 1.00. The van der Waals surface area contributed by atoms with Gasteiger partial charge >= 0.3 is 15.6 Å². The summed E-state index contributed by atoms with van der Waals surface area (Å²) in [5, 5.41) is 0. The first-order chi connectivity index (χ1) is 7.15. The third-order valence-electron chi connectivity index (χ3n) is 2.38. The van der Waals surface area contributed by atoms with E-state index in [0.29, 0.717) is 0 Å². The van der Waals surface area contributed by atoms with Crippen LogP contribution in [0.4, 0.5) is 13.2 Å². The molecule has 0 amide bonds. The van der Waals surface area contributed by atoms with Crippen LogP contribution in [-0.4, -0.2) is 23.7 Å². The molecule has 0 saturated carbocycles. The Bertz CT molecular complexity index is 298. The number of halogens is 3. The minimum Gasteiger partial charge on any atom is -0.309 e. The lowest BCUT2D eigenvalue weighted by Gasteiger charge is -2.19. The van der Waals surface area contributed by atoms with Crippen molar-refractivity contribution in [2.24, 2.45) is 5.92 Å². The first-order valence-corrected chi connectivity index (χ1v) is 7.30. The van der Waals surface area contributed by atoms with Gasteiger partial charge in [0.05, 0.1) is 0 Å². The first kappa shape index (κ1) is 15.9. The van der Waals surface area contributed by atoms with Crippen molar-refractivity contribution in [3.63, 3.8) is 0 Å². The minimum atomic E-state index is -5.43. The molecule has 0 saturated heterocycles. The molecule has 16 heavy (non-hydrogen) atoms. The number of hydrogen-bond acceptors (Lipinski definition) is 3. The summed E-state index contributed by atoms with van der Waals surface area (Å²) in [7, 11) is -6.11. The van der Waals surface area contributed by atoms with Gasteiger partial charge < -0.3 is 3.87 Å². The standard InChI is InChI=1S/C8H15F3O3SSi/c1-4-7(5-2)6(3)16-14-15(12,13)8(9,10)11/h6-7H,4-5H2,1-3H3. The second-order valence-electron chi connectivity index (χ2n) is 3.47. The lowest BCUT2D eigenvalue weighted by Crippen LogP contribution is -2.28. The highest BCUT2D eigenvalue weighted by Gasteiger charge is 2.47. The Morgan fingerprint density at radius 3 is 2.00 bits per heavy atom. The molecule has 0 heterocycles. The molecule has 0 aromatic carbocycles. The first-order valence-electron chi connectivity index (χ1n) is 4.91. The summed E-state index contributed by atoms with van der Waals surface area (Å²) in [6.45, 7) is 5.52. The average molecular weight is 276 g/mol. The second-order valence-corrected chi connectivity index (χ2v) is 6.65. The van der Waals surface area contributed by atoms with Gasteiger partial charge in [0.1, 0.15) is 0 Å². The molecule has 1 atom stereocenters. The van der Waals surface area contributed by atoms with Gasteiger partial charge in [-0.05, 0) is 11.5 Å². The van der Waals surface area contributed by atoms with Crippen molar-refractivity contribution in [3.8, 4) is 0 Å². The predicted molar refractivity (Wildman–Crippen MR) is 55.3 cm³/mol. The molecule has 96 valence electrons. The Morgan fingerprint density at radius 2 is 1.69 bits per heavy atom. The zero-order valence-corrected chi connectivity index (χ0v) is 11.2. The summed E-state index contributed by atoms with van der Waals surface area (Å²) in [4.78, 5) is 0. The molecule has 8 heteroatoms. The summed E-state index contributed by atoms with van der Waals surface area (Å²) in [5.41, 5.74) is -5.51. The highest BCUT2D eigenvalue weighted by Crippen LogP contribution is 2.28. The molecule has 0 aliphatic heterocycles. The molecule has 0 rings (SSSR count). The van der Waals surface area contributed by atoms with Crippen LogP contribution in [0.3, 0.4) is 0 Å². The molecule has 0 bridgehead atoms. The fourth-order valence-electron chi connectivity index (χ4n) is 1.28. The topological polar surface area (TPSA) is 43.4 Å². The van der Waals surface area contributed by atoms with E-state index in [2.05, 4.69) is 3.87 Å². The summed E-state index contributed by atoms with van der Waals surface area (Å²) in [6.07, 6.45) is 1.58. The van der Waals surface area contributed by atoms with Gasteiger partial charge in [0.15, 0.2) is 0 Å². The number of hydrogen-bond donors (Lipinski definition) is 0. The van der Waals surface area contributed by atoms with E-state index >= 15 is 0 Å². The molecule has 0 spiro atoms. The van der Waals surface area contributed by atoms with Gasteiger partial charge in [-0.2, -0.15) is 21.6 Å². The third kappa shape index (κ3) is 4.42. The van der Waals surface area contributed by atoms with Crippen molar-refractivity contribution in [1.29, 1.82) is 0 Å². The second kappa shape index (κ2) is 6.01. The number of alkyl halides is 3. The Morgan fingerprint density at radius 1 is 1.25 bits per heavy atom. The van der Waals surface area contributed by atoms with E-state index in [-0.39, 0.29) is 11.5 Å². The minimum absolute atomic E-state index is 0.182. The third-order valence-corrected chi connectivity index (χ3v) is 5.06. The maximum atomic E-state index is 11.9. The Kier molecular flexibility index (Phi) is 5.98. The van der Waals surface area contributed by atoms with Crippen LogP contribution >= 0.6 is 0 Å². The molecule has 0 aromatic rings. The maximum absolute atomic E-state index is 11.9. The van der Waals surface area contributed by atoms with Gasteiger partial charge in [-0.3, -0.25) is 0 Å². The van der Waals surface area contributed by atoms with Crippen molar-refractivity contribution >= 4 is 19.9 Å². The molecular formula is C8H15F3O3SSi. The maximum Gasteiger partial charge on any atom is 0.522 e. The Labute approximate surface area is 96.4 Å². The quantitative estimate of drug-likeness (QED) is 0.553. The zero-order chi connectivity index (χ0) is 13.0. The lowest BCUT2D eigenvalue weighted by atomic mass is 10.0. The summed E-state index contributed by atoms with van der Waals surface area (Å²) in [5.74, 6) is 0.182. The molecule has 0 aliphatic carbocycles. The van der Waals surface area contributed by atoms with Crippen LogP contribution in [0.2, 0.25) is 5.54 Å². The van der Waals surface area contributed by atoms with Crippen molar-refractivity contribution in [1.82, 2.24) is 0 Å². The van der Waals surface area contributed by atoms with Gasteiger partial charge in [0.25, 0.3) is 9.76 Å². The van der Waals surface area contributed by atoms with Gasteiger partial charge in [0, 0.05) is 0 Å². The van der Waals surface area contributed by atoms with Crippen molar-refractivity contribution < 1.29 is 25.5 Å². The van der Waals surface area contributed by atoms with Crippen LogP contribution < -0.4 is 0 Å². The van der Waals surface area contributed by atoms with Crippen LogP contribution in [0.1, 0.15) is 33.6 Å². The molecular weight excluding hydrogens is 261 g/mol. The van der Waals surface area contributed by atoms with Gasteiger partial charge in [-0.1, -0.05) is 33.6 Å². The van der Waals surface area contributed by atoms with E-state index in [4.69, 9.17) is 0 Å². The zero-order valence-electron chi connectivity index (χ0n) is 9.34. The predicted octanol–water partition coefficient (Wildman–Crippen LogP) is 2.72. The van der Waals surface area contributed by atoms with Crippen LogP contribution in [0, 0.1) is 5.92 Å². The summed E-state index contributed by atoms with van der Waals surface area (Å²) >= 11 is 0. The van der Waals surface area contributed by atoms with Crippen molar-refractivity contribution in [2.75, 3.05) is 0 Å². The van der Waals surface area contributed by atoms with Crippen LogP contribution in [0.15, 0.2) is 0 Å². The van der Waals surface area contributed by atoms with Crippen LogP contribution in [0.25, 0.3) is 0 Å². The van der Waals surface area contributed by atoms with E-state index in [1.54, 1.807) is 6.92 Å². The molecule has 0 aliphatic rings. The largest absolute Gasteiger partial charge is 0.522 e. The molecule has 0 fully saturated rings. The van der Waals surface area contributed by atoms with Crippen molar-refractivity contribution in [3.05, 3.63) is 0 Å². The van der Waals surface area contributed by atoms with E-state index in [1.807, 2.05) is 13.8 Å². The van der Waals surface area contributed by atoms with E-state index in [0.717, 1.165) is 12.8 Å². The normalized spacial score (nSPS) is 15.4. The molecule has 1 unspecified atom stereocenters. The van der Waals surface area contributed by atoms with E-state index < -0.39 is 25.4 Å². The molecule has 3 nitrogen and oxygen atoms in total. The van der Waals surface area contributed by atoms with Crippen LogP contribution in [0.5, 0.6) is 0 Å². The lowest BCUT2D eigenvalue weighted by molar-refractivity contribution is -0.0500. The average Bonchev–Trinajstić information content (AvgIpc) is 2.15. The van der Waals surface area contributed by atoms with Gasteiger partial charge in [-0.15, -0.1) is 0 Å². The monoisotopic (exact) mass is 276 g/mol. The SMILES string of the molecule is CCC(CC)C(C)[Si]OS(=O)(=O)C(F)(F)F. The van der Waals surface area contributed by atoms with E-state index in [9.17, 15) is 21.6 Å². The summed E-state index contributed by atoms with van der Waals surface area (Å²) < 4.78 is 61.1. The molecule has 0 aromatic heterocycles. The molecule has 2 radical (unpaired) electrons. The highest BCUT2D eigenvalue weighted by atomic mass is 32.2. The molecule has 0 N–H and O–H groups in total. The van der Waals surface area contributed by atoms with Gasteiger partial charge in [-0.25, -0.2) is 0 Å². The Hall–Kier alpha value is -0.0831. The van der Waals surface area contributed by atoms with Crippen molar-refractivity contribution in [2.45, 2.75) is 44.7 Å². The van der Waals surface area contributed by atoms with Gasteiger partial charge in [0.2, 0.25) is 0 Å².